The fourth-order valence-electron chi connectivity index (χ4n) is 2.85. The maximum Gasteiger partial charge on any atom is 0.0843 e. The molecule has 1 aliphatic carbocycles. The molecular formula is C15H20BrN3. The second-order valence-corrected chi connectivity index (χ2v) is 6.12. The molecule has 0 saturated heterocycles. The molecule has 19 heavy (non-hydrogen) atoms. The van der Waals surface area contributed by atoms with Gasteiger partial charge in [-0.1, -0.05) is 40.5 Å². The predicted molar refractivity (Wildman–Crippen MR) is 82.6 cm³/mol. The number of aromatic nitrogens is 2. The van der Waals surface area contributed by atoms with E-state index in [1.54, 1.807) is 0 Å². The summed E-state index contributed by atoms with van der Waals surface area (Å²) in [4.78, 5) is 2.58. The van der Waals surface area contributed by atoms with E-state index in [1.807, 2.05) is 11.7 Å². The number of hydrogen-bond donors (Lipinski definition) is 0. The average molecular weight is 322 g/mol. The number of para-hydroxylation sites is 1. The molecule has 2 aromatic rings. The third-order valence-electron chi connectivity index (χ3n) is 4.15. The van der Waals surface area contributed by atoms with Gasteiger partial charge in [0.1, 0.15) is 0 Å². The maximum atomic E-state index is 4.71. The Hall–Kier alpha value is -0.870. The molecule has 4 heteroatoms. The van der Waals surface area contributed by atoms with Crippen LogP contribution in [0.4, 0.5) is 0 Å². The van der Waals surface area contributed by atoms with Gasteiger partial charge in [-0.05, 0) is 18.9 Å². The molecule has 3 rings (SSSR count). The fourth-order valence-corrected chi connectivity index (χ4v) is 3.30. The van der Waals surface area contributed by atoms with E-state index in [0.717, 1.165) is 24.5 Å². The smallest absolute Gasteiger partial charge is 0.0843 e. The van der Waals surface area contributed by atoms with Gasteiger partial charge in [-0.2, -0.15) is 5.10 Å². The summed E-state index contributed by atoms with van der Waals surface area (Å²) in [5, 5.41) is 7.04. The van der Waals surface area contributed by atoms with Crippen LogP contribution in [0.25, 0.3) is 10.9 Å². The van der Waals surface area contributed by atoms with Gasteiger partial charge in [0, 0.05) is 36.9 Å². The summed E-state index contributed by atoms with van der Waals surface area (Å²) >= 11 is 3.57. The Labute approximate surface area is 122 Å². The van der Waals surface area contributed by atoms with Crippen LogP contribution in [0.3, 0.4) is 0 Å². The predicted octanol–water partition coefficient (Wildman–Crippen LogP) is 3.32. The number of rotatable bonds is 5. The van der Waals surface area contributed by atoms with Crippen molar-refractivity contribution in [1.29, 1.82) is 0 Å². The molecule has 1 fully saturated rings. The highest BCUT2D eigenvalue weighted by atomic mass is 79.9. The van der Waals surface area contributed by atoms with Gasteiger partial charge < -0.3 is 0 Å². The van der Waals surface area contributed by atoms with E-state index in [1.165, 1.54) is 35.9 Å². The number of hydrogen-bond acceptors (Lipinski definition) is 2. The highest BCUT2D eigenvalue weighted by Gasteiger charge is 2.25. The highest BCUT2D eigenvalue weighted by Crippen LogP contribution is 2.27. The van der Waals surface area contributed by atoms with Crippen molar-refractivity contribution in [2.45, 2.75) is 31.8 Å². The number of nitrogens with zero attached hydrogens (tertiary/aromatic N) is 3. The van der Waals surface area contributed by atoms with Crippen molar-refractivity contribution in [3.63, 3.8) is 0 Å². The summed E-state index contributed by atoms with van der Waals surface area (Å²) in [6.45, 7) is 2.08. The molecule has 0 N–H and O–H groups in total. The number of halogens is 1. The van der Waals surface area contributed by atoms with E-state index < -0.39 is 0 Å². The summed E-state index contributed by atoms with van der Waals surface area (Å²) in [6.07, 6.45) is 4.07. The van der Waals surface area contributed by atoms with Crippen LogP contribution >= 0.6 is 15.9 Å². The largest absolute Gasteiger partial charge is 0.294 e. The average Bonchev–Trinajstić information content (AvgIpc) is 2.65. The lowest BCUT2D eigenvalue weighted by atomic mass is 9.91. The molecule has 0 bridgehead atoms. The fraction of sp³-hybridized carbons (Fsp3) is 0.533. The number of aryl methyl sites for hydroxylation is 1. The van der Waals surface area contributed by atoms with E-state index in [4.69, 9.17) is 5.10 Å². The Morgan fingerprint density at radius 1 is 1.37 bits per heavy atom. The van der Waals surface area contributed by atoms with Crippen molar-refractivity contribution < 1.29 is 0 Å². The topological polar surface area (TPSA) is 21.1 Å². The molecule has 3 nitrogen and oxygen atoms in total. The van der Waals surface area contributed by atoms with E-state index in [0.29, 0.717) is 0 Å². The first-order valence-corrected chi connectivity index (χ1v) is 8.12. The minimum atomic E-state index is 0.762. The molecule has 1 saturated carbocycles. The molecule has 0 radical (unpaired) electrons. The molecule has 0 aliphatic heterocycles. The van der Waals surface area contributed by atoms with Crippen LogP contribution < -0.4 is 0 Å². The molecule has 1 aromatic heterocycles. The zero-order chi connectivity index (χ0) is 13.2. The summed E-state index contributed by atoms with van der Waals surface area (Å²) in [5.74, 6) is 0. The SMILES string of the molecule is Cn1nc(CN(CCBr)C2CCC2)c2ccccc21. The summed E-state index contributed by atoms with van der Waals surface area (Å²) in [7, 11) is 2.03. The molecule has 0 spiro atoms. The molecule has 0 atom stereocenters. The summed E-state index contributed by atoms with van der Waals surface area (Å²) < 4.78 is 2.00. The van der Waals surface area contributed by atoms with Crippen molar-refractivity contribution in [1.82, 2.24) is 14.7 Å². The Morgan fingerprint density at radius 2 is 2.16 bits per heavy atom. The summed E-state index contributed by atoms with van der Waals surface area (Å²) in [5.41, 5.74) is 2.44. The Kier molecular flexibility index (Phi) is 3.89. The van der Waals surface area contributed by atoms with Crippen LogP contribution in [-0.4, -0.2) is 32.6 Å². The third-order valence-corrected chi connectivity index (χ3v) is 4.50. The Bertz CT molecular complexity index is 560. The second kappa shape index (κ2) is 5.63. The van der Waals surface area contributed by atoms with Crippen molar-refractivity contribution in [3.8, 4) is 0 Å². The standard InChI is InChI=1S/C15H20BrN3/c1-18-15-8-3-2-7-13(15)14(17-18)11-19(10-9-16)12-5-4-6-12/h2-3,7-8,12H,4-6,9-11H2,1H3. The second-order valence-electron chi connectivity index (χ2n) is 5.33. The first-order valence-electron chi connectivity index (χ1n) is 7.00. The van der Waals surface area contributed by atoms with Gasteiger partial charge in [0.05, 0.1) is 11.2 Å². The highest BCUT2D eigenvalue weighted by molar-refractivity contribution is 9.09. The van der Waals surface area contributed by atoms with Crippen molar-refractivity contribution >= 4 is 26.8 Å². The molecule has 0 amide bonds. The van der Waals surface area contributed by atoms with E-state index >= 15 is 0 Å². The normalized spacial score (nSPS) is 16.2. The lowest BCUT2D eigenvalue weighted by Gasteiger charge is -2.36. The van der Waals surface area contributed by atoms with Crippen molar-refractivity contribution in [3.05, 3.63) is 30.0 Å². The van der Waals surface area contributed by atoms with E-state index in [-0.39, 0.29) is 0 Å². The maximum absolute atomic E-state index is 4.71. The lowest BCUT2D eigenvalue weighted by molar-refractivity contribution is 0.127. The molecular weight excluding hydrogens is 302 g/mol. The van der Waals surface area contributed by atoms with E-state index in [9.17, 15) is 0 Å². The van der Waals surface area contributed by atoms with Gasteiger partial charge in [0.2, 0.25) is 0 Å². The zero-order valence-corrected chi connectivity index (χ0v) is 12.9. The lowest BCUT2D eigenvalue weighted by Crippen LogP contribution is -2.40. The van der Waals surface area contributed by atoms with Gasteiger partial charge in [-0.15, -0.1) is 0 Å². The Morgan fingerprint density at radius 3 is 2.84 bits per heavy atom. The van der Waals surface area contributed by atoms with Crippen molar-refractivity contribution in [2.75, 3.05) is 11.9 Å². The van der Waals surface area contributed by atoms with Gasteiger partial charge in [0.15, 0.2) is 0 Å². The number of fused-ring (bicyclic) bond motifs is 1. The third kappa shape index (κ3) is 2.56. The molecule has 1 aromatic carbocycles. The van der Waals surface area contributed by atoms with Gasteiger partial charge in [-0.3, -0.25) is 9.58 Å². The minimum absolute atomic E-state index is 0.762. The molecule has 0 unspecified atom stereocenters. The zero-order valence-electron chi connectivity index (χ0n) is 11.3. The number of benzene rings is 1. The van der Waals surface area contributed by atoms with Crippen LogP contribution in [0.5, 0.6) is 0 Å². The van der Waals surface area contributed by atoms with Crippen LogP contribution in [-0.2, 0) is 13.6 Å². The van der Waals surface area contributed by atoms with Crippen LogP contribution in [0.15, 0.2) is 24.3 Å². The van der Waals surface area contributed by atoms with Crippen LogP contribution in [0, 0.1) is 0 Å². The first-order chi connectivity index (χ1) is 9.29. The minimum Gasteiger partial charge on any atom is -0.294 e. The molecule has 102 valence electrons. The van der Waals surface area contributed by atoms with Gasteiger partial charge in [-0.25, -0.2) is 0 Å². The molecule has 1 heterocycles. The summed E-state index contributed by atoms with van der Waals surface area (Å²) in [6, 6.07) is 9.27. The van der Waals surface area contributed by atoms with Crippen molar-refractivity contribution in [2.24, 2.45) is 7.05 Å². The number of alkyl halides is 1. The first kappa shape index (κ1) is 13.1. The monoisotopic (exact) mass is 321 g/mol. The van der Waals surface area contributed by atoms with Gasteiger partial charge >= 0.3 is 0 Å². The van der Waals surface area contributed by atoms with Gasteiger partial charge in [0.25, 0.3) is 0 Å². The molecule has 1 aliphatic rings. The van der Waals surface area contributed by atoms with Crippen LogP contribution in [0.1, 0.15) is 25.0 Å². The quantitative estimate of drug-likeness (QED) is 0.788. The Balaban J connectivity index is 1.86. The van der Waals surface area contributed by atoms with Crippen LogP contribution in [0.2, 0.25) is 0 Å². The van der Waals surface area contributed by atoms with E-state index in [2.05, 4.69) is 45.1 Å².